The van der Waals surface area contributed by atoms with Gasteiger partial charge in [-0.15, -0.1) is 0 Å². The van der Waals surface area contributed by atoms with Crippen LogP contribution in [0.2, 0.25) is 0 Å². The molecule has 0 unspecified atom stereocenters. The van der Waals surface area contributed by atoms with E-state index in [1.54, 1.807) is 12.1 Å². The Morgan fingerprint density at radius 1 is 0.578 bits per heavy atom. The Hall–Kier alpha value is -2.98. The maximum atomic E-state index is 14.5. The Bertz CT molecular complexity index is 2170. The van der Waals surface area contributed by atoms with Gasteiger partial charge in [0.25, 0.3) is 0 Å². The molecule has 0 radical (unpaired) electrons. The van der Waals surface area contributed by atoms with E-state index in [0.717, 1.165) is 89.0 Å². The smallest absolute Gasteiger partial charge is 0.872 e. The van der Waals surface area contributed by atoms with Crippen LogP contribution in [0.5, 0.6) is 11.5 Å². The van der Waals surface area contributed by atoms with Crippen molar-refractivity contribution in [1.29, 1.82) is 0 Å². The molecule has 0 heterocycles. The molecule has 9 aliphatic rings. The first kappa shape index (κ1) is 47.5. The minimum atomic E-state index is -4.27. The number of hydrogen-bond acceptors (Lipinski definition) is 7. The van der Waals surface area contributed by atoms with Gasteiger partial charge in [0.2, 0.25) is 0 Å². The van der Waals surface area contributed by atoms with Gasteiger partial charge in [-0.05, 0) is 199 Å². The van der Waals surface area contributed by atoms with Gasteiger partial charge >= 0.3 is 16.8 Å². The van der Waals surface area contributed by atoms with Gasteiger partial charge in [-0.2, -0.15) is 0 Å². The van der Waals surface area contributed by atoms with Crippen LogP contribution < -0.4 is 10.2 Å². The Labute approximate surface area is 394 Å². The molecule has 3 aromatic rings. The Morgan fingerprint density at radius 3 is 1.20 bits per heavy atom. The first-order valence-corrected chi connectivity index (χ1v) is 25.9. The molecule has 2 atom stereocenters. The molecular formula is C55H71CoN2O5S. The summed E-state index contributed by atoms with van der Waals surface area (Å²) < 4.78 is 31.2. The summed E-state index contributed by atoms with van der Waals surface area (Å²) >= 11 is 0. The molecule has 0 aliphatic heterocycles. The van der Waals surface area contributed by atoms with Crippen LogP contribution in [-0.2, 0) is 48.6 Å². The first-order chi connectivity index (χ1) is 29.7. The van der Waals surface area contributed by atoms with Crippen LogP contribution in [0.1, 0.15) is 183 Å². The van der Waals surface area contributed by atoms with Crippen molar-refractivity contribution in [3.8, 4) is 11.5 Å². The Balaban J connectivity index is 0.000000411. The fourth-order valence-electron chi connectivity index (χ4n) is 14.5. The van der Waals surface area contributed by atoms with Crippen molar-refractivity contribution in [3.05, 3.63) is 87.5 Å². The number of aliphatic imine (C=N–C) groups is 2. The van der Waals surface area contributed by atoms with Crippen LogP contribution in [-0.4, -0.2) is 37.5 Å². The van der Waals surface area contributed by atoms with Crippen molar-refractivity contribution < 1.29 is 40.0 Å². The van der Waals surface area contributed by atoms with Crippen LogP contribution in [0.3, 0.4) is 0 Å². The standard InChI is InChI=1S/C48H66N2O2.C7H8O3S.Co/c1-45(2,3)37-17-35(43(51)39(19-37)47-21-29-11-30(22-47)13-31(12-29)23-47)27-49-41-9-7-8-10-42(41)50-28-36-18-38(46(4,5)6)20-40(44(36)52)48-24-32-14-33(25-48)16-34(15-32)26-48;1-6-2-4-7(5-3-6)11(8,9)10;/h17-20,27-34,41-42,51-52H,7-16,21-26H2,1-6H3;2-5H,1H3,(H,8,9,10);/q;;+3/p-3/t29?,30?,31?,32?,33?,34?,41-,42-,47?,48?;;/m0../s1. The molecule has 9 fully saturated rings. The average molecular weight is 931 g/mol. The molecule has 3 aromatic carbocycles. The van der Waals surface area contributed by atoms with E-state index in [1.165, 1.54) is 100 Å². The summed E-state index contributed by atoms with van der Waals surface area (Å²) in [6.45, 7) is 15.5. The zero-order chi connectivity index (χ0) is 44.7. The molecule has 8 bridgehead atoms. The van der Waals surface area contributed by atoms with Crippen molar-refractivity contribution in [3.63, 3.8) is 0 Å². The average Bonchev–Trinajstić information content (AvgIpc) is 3.18. The molecule has 64 heavy (non-hydrogen) atoms. The normalized spacial score (nSPS) is 33.1. The largest absolute Gasteiger partial charge is 3.00 e. The van der Waals surface area contributed by atoms with Crippen molar-refractivity contribution in [1.82, 2.24) is 0 Å². The summed E-state index contributed by atoms with van der Waals surface area (Å²) in [7, 11) is -4.27. The van der Waals surface area contributed by atoms with Crippen molar-refractivity contribution >= 4 is 22.5 Å². The predicted molar refractivity (Wildman–Crippen MR) is 249 cm³/mol. The topological polar surface area (TPSA) is 128 Å². The van der Waals surface area contributed by atoms with Gasteiger partial charge in [-0.3, -0.25) is 9.98 Å². The van der Waals surface area contributed by atoms with E-state index < -0.39 is 10.1 Å². The van der Waals surface area contributed by atoms with E-state index in [9.17, 15) is 23.2 Å². The summed E-state index contributed by atoms with van der Waals surface area (Å²) in [5.74, 6) is 5.22. The second-order valence-electron chi connectivity index (χ2n) is 24.0. The minimum absolute atomic E-state index is 0. The molecule has 346 valence electrons. The monoisotopic (exact) mass is 930 g/mol. The molecule has 0 N–H and O–H groups in total. The van der Waals surface area contributed by atoms with Gasteiger partial charge in [0.1, 0.15) is 10.1 Å². The predicted octanol–water partition coefficient (Wildman–Crippen LogP) is 11.1. The Morgan fingerprint density at radius 2 is 0.906 bits per heavy atom. The van der Waals surface area contributed by atoms with Gasteiger partial charge < -0.3 is 14.8 Å². The molecule has 0 spiro atoms. The zero-order valence-electron chi connectivity index (χ0n) is 39.4. The molecule has 0 saturated heterocycles. The number of aryl methyl sites for hydroxylation is 1. The fraction of sp³-hybridized carbons (Fsp3) is 0.636. The molecule has 9 saturated carbocycles. The summed E-state index contributed by atoms with van der Waals surface area (Å²) in [6.07, 6.45) is 23.5. The zero-order valence-corrected chi connectivity index (χ0v) is 41.2. The first-order valence-electron chi connectivity index (χ1n) is 24.5. The molecule has 7 nitrogen and oxygen atoms in total. The second kappa shape index (κ2) is 17.6. The summed E-state index contributed by atoms with van der Waals surface area (Å²) in [4.78, 5) is 10.3. The number of hydrogen-bond donors (Lipinski definition) is 0. The summed E-state index contributed by atoms with van der Waals surface area (Å²) in [5.41, 5.74) is 7.19. The van der Waals surface area contributed by atoms with Gasteiger partial charge in [0, 0.05) is 12.4 Å². The number of benzene rings is 3. The number of nitrogens with zero attached hydrogens (tertiary/aromatic N) is 2. The third-order valence-electron chi connectivity index (χ3n) is 17.0. The van der Waals surface area contributed by atoms with Crippen molar-refractivity contribution in [2.45, 2.75) is 190 Å². The Kier molecular flexibility index (Phi) is 13.1. The van der Waals surface area contributed by atoms with Gasteiger partial charge in [-0.25, -0.2) is 8.42 Å². The number of rotatable bonds is 7. The van der Waals surface area contributed by atoms with Crippen LogP contribution >= 0.6 is 0 Å². The molecule has 0 amide bonds. The molecule has 9 heteroatoms. The quantitative estimate of drug-likeness (QED) is 0.172. The van der Waals surface area contributed by atoms with E-state index >= 15 is 0 Å². The van der Waals surface area contributed by atoms with Gasteiger partial charge in [0.15, 0.2) is 0 Å². The molecule has 12 rings (SSSR count). The van der Waals surface area contributed by atoms with Crippen LogP contribution in [0.4, 0.5) is 0 Å². The van der Waals surface area contributed by atoms with Gasteiger partial charge in [-0.1, -0.05) is 108 Å². The van der Waals surface area contributed by atoms with E-state index in [2.05, 4.69) is 65.8 Å². The van der Waals surface area contributed by atoms with Crippen LogP contribution in [0, 0.1) is 42.4 Å². The second-order valence-corrected chi connectivity index (χ2v) is 25.4. The van der Waals surface area contributed by atoms with E-state index in [4.69, 9.17) is 9.98 Å². The third-order valence-corrected chi connectivity index (χ3v) is 17.8. The molecule has 0 aromatic heterocycles. The van der Waals surface area contributed by atoms with Crippen LogP contribution in [0.15, 0.2) is 63.4 Å². The van der Waals surface area contributed by atoms with E-state index in [1.807, 2.05) is 19.4 Å². The SMILES string of the molecule is CC(C)(C)c1cc(C=N[C@H]2CCCC[C@@H]2N=Cc2cc(C(C)(C)C)cc(C34CC5CC(CC(C5)C3)C4)c2[O-])c([O-])c(C23CC4CC(CC(C4)C2)C3)c1.Cc1ccc(S(=O)(=O)[O-])cc1.[Co+3]. The maximum Gasteiger partial charge on any atom is 3.00 e. The summed E-state index contributed by atoms with van der Waals surface area (Å²) in [6, 6.07) is 14.7. The molecule has 9 aliphatic carbocycles. The van der Waals surface area contributed by atoms with Gasteiger partial charge in [0.05, 0.1) is 17.0 Å². The van der Waals surface area contributed by atoms with E-state index in [-0.39, 0.29) is 66.9 Å². The van der Waals surface area contributed by atoms with Crippen molar-refractivity contribution in [2.24, 2.45) is 45.5 Å². The molecular weight excluding hydrogens is 860 g/mol. The minimum Gasteiger partial charge on any atom is -0.872 e. The fourth-order valence-corrected chi connectivity index (χ4v) is 15.0. The summed E-state index contributed by atoms with van der Waals surface area (Å²) in [5, 5.41) is 29.0. The maximum absolute atomic E-state index is 14.5. The van der Waals surface area contributed by atoms with E-state index in [0.29, 0.717) is 0 Å². The van der Waals surface area contributed by atoms with Crippen LogP contribution in [0.25, 0.3) is 0 Å². The third kappa shape index (κ3) is 9.58. The van der Waals surface area contributed by atoms with Crippen molar-refractivity contribution in [2.75, 3.05) is 0 Å².